The molecule has 1 radical (unpaired) electrons. The SMILES string of the molecule is [CH2]C(C)c1ccc(C#N)c(C2CC2)c1. The van der Waals surface area contributed by atoms with E-state index in [0.29, 0.717) is 11.8 Å². The van der Waals surface area contributed by atoms with E-state index in [-0.39, 0.29) is 0 Å². The van der Waals surface area contributed by atoms with Gasteiger partial charge in [0.1, 0.15) is 0 Å². The van der Waals surface area contributed by atoms with Gasteiger partial charge in [-0.3, -0.25) is 0 Å². The molecule has 1 atom stereocenters. The minimum atomic E-state index is 0.306. The van der Waals surface area contributed by atoms with Crippen molar-refractivity contribution in [1.82, 2.24) is 0 Å². The molecule has 1 aromatic rings. The monoisotopic (exact) mass is 184 g/mol. The standard InChI is InChI=1S/C13H14N/c1-9(2)11-5-6-12(8-14)13(7-11)10-3-4-10/h5-7,9-10H,1,3-4H2,2H3. The summed E-state index contributed by atoms with van der Waals surface area (Å²) >= 11 is 0. The summed E-state index contributed by atoms with van der Waals surface area (Å²) < 4.78 is 0. The summed E-state index contributed by atoms with van der Waals surface area (Å²) in [7, 11) is 0. The van der Waals surface area contributed by atoms with Crippen LogP contribution in [0.25, 0.3) is 0 Å². The van der Waals surface area contributed by atoms with Gasteiger partial charge >= 0.3 is 0 Å². The van der Waals surface area contributed by atoms with Crippen LogP contribution in [0.3, 0.4) is 0 Å². The van der Waals surface area contributed by atoms with Crippen LogP contribution in [0.15, 0.2) is 18.2 Å². The molecule has 0 heterocycles. The van der Waals surface area contributed by atoms with Crippen molar-refractivity contribution in [2.24, 2.45) is 0 Å². The minimum Gasteiger partial charge on any atom is -0.192 e. The molecule has 0 spiro atoms. The molecule has 0 bridgehead atoms. The molecule has 0 N–H and O–H groups in total. The normalized spacial score (nSPS) is 15.6. The van der Waals surface area contributed by atoms with Crippen molar-refractivity contribution >= 4 is 0 Å². The molecule has 1 aliphatic carbocycles. The average molecular weight is 184 g/mol. The third kappa shape index (κ3) is 1.65. The first kappa shape index (κ1) is 9.27. The van der Waals surface area contributed by atoms with Crippen molar-refractivity contribution in [3.05, 3.63) is 41.8 Å². The Balaban J connectivity index is 2.42. The largest absolute Gasteiger partial charge is 0.192 e. The van der Waals surface area contributed by atoms with Crippen LogP contribution >= 0.6 is 0 Å². The first-order chi connectivity index (χ1) is 6.72. The summed E-state index contributed by atoms with van der Waals surface area (Å²) in [6.45, 7) is 6.08. The highest BCUT2D eigenvalue weighted by molar-refractivity contribution is 5.44. The van der Waals surface area contributed by atoms with Gasteiger partial charge in [-0.2, -0.15) is 5.26 Å². The Morgan fingerprint density at radius 2 is 2.21 bits per heavy atom. The Hall–Kier alpha value is -1.29. The summed E-state index contributed by atoms with van der Waals surface area (Å²) in [4.78, 5) is 0. The van der Waals surface area contributed by atoms with E-state index in [1.807, 2.05) is 12.1 Å². The van der Waals surface area contributed by atoms with Crippen LogP contribution in [-0.2, 0) is 0 Å². The van der Waals surface area contributed by atoms with E-state index < -0.39 is 0 Å². The van der Waals surface area contributed by atoms with E-state index in [2.05, 4.69) is 26.0 Å². The topological polar surface area (TPSA) is 23.8 Å². The first-order valence-corrected chi connectivity index (χ1v) is 5.09. The zero-order valence-electron chi connectivity index (χ0n) is 8.46. The Labute approximate surface area is 85.4 Å². The van der Waals surface area contributed by atoms with Gasteiger partial charge in [0.25, 0.3) is 0 Å². The van der Waals surface area contributed by atoms with E-state index in [0.717, 1.165) is 5.56 Å². The maximum Gasteiger partial charge on any atom is 0.0994 e. The van der Waals surface area contributed by atoms with E-state index in [9.17, 15) is 0 Å². The Morgan fingerprint density at radius 1 is 1.50 bits per heavy atom. The molecule has 71 valence electrons. The molecule has 1 aromatic carbocycles. The molecule has 14 heavy (non-hydrogen) atoms. The van der Waals surface area contributed by atoms with Crippen molar-refractivity contribution in [1.29, 1.82) is 5.26 Å². The predicted molar refractivity (Wildman–Crippen MR) is 56.9 cm³/mol. The van der Waals surface area contributed by atoms with Crippen molar-refractivity contribution in [2.45, 2.75) is 31.6 Å². The fraction of sp³-hybridized carbons (Fsp3) is 0.385. The molecule has 0 saturated heterocycles. The van der Waals surface area contributed by atoms with E-state index in [1.54, 1.807) is 0 Å². The van der Waals surface area contributed by atoms with Gasteiger partial charge in [0.05, 0.1) is 11.6 Å². The highest BCUT2D eigenvalue weighted by Crippen LogP contribution is 2.42. The van der Waals surface area contributed by atoms with Gasteiger partial charge in [0, 0.05) is 0 Å². The Bertz CT molecular complexity index is 381. The molecule has 2 rings (SSSR count). The Kier molecular flexibility index (Phi) is 2.29. The lowest BCUT2D eigenvalue weighted by molar-refractivity contribution is 0.952. The van der Waals surface area contributed by atoms with Crippen LogP contribution in [0, 0.1) is 18.3 Å². The molecule has 1 aliphatic rings. The fourth-order valence-electron chi connectivity index (χ4n) is 1.72. The summed E-state index contributed by atoms with van der Waals surface area (Å²) in [5.74, 6) is 0.948. The van der Waals surface area contributed by atoms with E-state index in [1.165, 1.54) is 24.0 Å². The summed E-state index contributed by atoms with van der Waals surface area (Å²) in [6, 6.07) is 8.37. The van der Waals surface area contributed by atoms with Crippen LogP contribution in [0.4, 0.5) is 0 Å². The predicted octanol–water partition coefficient (Wildman–Crippen LogP) is 3.37. The lowest BCUT2D eigenvalue weighted by atomic mass is 9.95. The average Bonchev–Trinajstić information content (AvgIpc) is 3.00. The number of rotatable bonds is 2. The van der Waals surface area contributed by atoms with Crippen LogP contribution in [-0.4, -0.2) is 0 Å². The first-order valence-electron chi connectivity index (χ1n) is 5.09. The molecule has 1 heteroatoms. The highest BCUT2D eigenvalue weighted by atomic mass is 14.3. The van der Waals surface area contributed by atoms with Crippen molar-refractivity contribution in [2.75, 3.05) is 0 Å². The molecular weight excluding hydrogens is 170 g/mol. The fourth-order valence-corrected chi connectivity index (χ4v) is 1.72. The number of hydrogen-bond acceptors (Lipinski definition) is 1. The molecule has 0 amide bonds. The second kappa shape index (κ2) is 3.46. The van der Waals surface area contributed by atoms with Gasteiger partial charge in [-0.1, -0.05) is 19.1 Å². The zero-order chi connectivity index (χ0) is 10.1. The van der Waals surface area contributed by atoms with Crippen LogP contribution < -0.4 is 0 Å². The molecule has 1 unspecified atom stereocenters. The van der Waals surface area contributed by atoms with Crippen molar-refractivity contribution in [3.8, 4) is 6.07 Å². The second-order valence-corrected chi connectivity index (χ2v) is 4.13. The molecule has 1 saturated carbocycles. The van der Waals surface area contributed by atoms with Crippen LogP contribution in [0.2, 0.25) is 0 Å². The highest BCUT2D eigenvalue weighted by Gasteiger charge is 2.26. The number of nitriles is 1. The van der Waals surface area contributed by atoms with Crippen molar-refractivity contribution in [3.63, 3.8) is 0 Å². The summed E-state index contributed by atoms with van der Waals surface area (Å²) in [5, 5.41) is 8.96. The molecule has 0 aromatic heterocycles. The molecule has 1 fully saturated rings. The quantitative estimate of drug-likeness (QED) is 0.691. The lowest BCUT2D eigenvalue weighted by Gasteiger charge is -2.08. The number of benzene rings is 1. The van der Waals surface area contributed by atoms with Gasteiger partial charge in [0.2, 0.25) is 0 Å². The van der Waals surface area contributed by atoms with Gasteiger partial charge in [0.15, 0.2) is 0 Å². The summed E-state index contributed by atoms with van der Waals surface area (Å²) in [5.41, 5.74) is 3.32. The number of nitrogens with zero attached hydrogens (tertiary/aromatic N) is 1. The third-order valence-corrected chi connectivity index (χ3v) is 2.78. The number of hydrogen-bond donors (Lipinski definition) is 0. The third-order valence-electron chi connectivity index (χ3n) is 2.78. The zero-order valence-corrected chi connectivity index (χ0v) is 8.46. The molecule has 0 aliphatic heterocycles. The van der Waals surface area contributed by atoms with Crippen LogP contribution in [0.1, 0.15) is 48.3 Å². The van der Waals surface area contributed by atoms with Crippen LogP contribution in [0.5, 0.6) is 0 Å². The van der Waals surface area contributed by atoms with Gasteiger partial charge in [-0.15, -0.1) is 0 Å². The molecule has 1 nitrogen and oxygen atoms in total. The minimum absolute atomic E-state index is 0.306. The van der Waals surface area contributed by atoms with E-state index >= 15 is 0 Å². The van der Waals surface area contributed by atoms with Gasteiger partial charge in [-0.25, -0.2) is 0 Å². The lowest BCUT2D eigenvalue weighted by Crippen LogP contribution is -1.93. The second-order valence-electron chi connectivity index (χ2n) is 4.13. The van der Waals surface area contributed by atoms with Gasteiger partial charge < -0.3 is 0 Å². The maximum atomic E-state index is 8.96. The van der Waals surface area contributed by atoms with Crippen molar-refractivity contribution < 1.29 is 0 Å². The Morgan fingerprint density at radius 3 is 2.71 bits per heavy atom. The van der Waals surface area contributed by atoms with Gasteiger partial charge in [-0.05, 0) is 48.8 Å². The van der Waals surface area contributed by atoms with E-state index in [4.69, 9.17) is 5.26 Å². The maximum absolute atomic E-state index is 8.96. The summed E-state index contributed by atoms with van der Waals surface area (Å²) in [6.07, 6.45) is 2.48. The molecular formula is C13H14N. The smallest absolute Gasteiger partial charge is 0.0994 e.